The van der Waals surface area contributed by atoms with E-state index in [9.17, 15) is 9.59 Å². The van der Waals surface area contributed by atoms with Gasteiger partial charge in [-0.3, -0.25) is 4.79 Å². The predicted octanol–water partition coefficient (Wildman–Crippen LogP) is 1.34. The number of carbonyl (C=O) groups is 2. The highest BCUT2D eigenvalue weighted by atomic mass is 16.2. The Balaban J connectivity index is 2.32. The molecule has 0 aliphatic carbocycles. The number of hydrogen-bond acceptors (Lipinski definition) is 3. The smallest absolute Gasteiger partial charge is 0.254 e. The van der Waals surface area contributed by atoms with E-state index in [1.54, 1.807) is 4.90 Å². The topological polar surface area (TPSA) is 40.6 Å². The van der Waals surface area contributed by atoms with Crippen molar-refractivity contribution in [2.75, 3.05) is 27.2 Å². The highest BCUT2D eigenvalue weighted by Gasteiger charge is 2.22. The van der Waals surface area contributed by atoms with Gasteiger partial charge in [0.1, 0.15) is 6.29 Å². The molecule has 0 atom stereocenters. The molecule has 0 spiro atoms. The molecule has 0 fully saturated rings. The van der Waals surface area contributed by atoms with Gasteiger partial charge in [-0.05, 0) is 44.1 Å². The predicted molar refractivity (Wildman–Crippen MR) is 74.1 cm³/mol. The van der Waals surface area contributed by atoms with Crippen LogP contribution in [0.3, 0.4) is 0 Å². The second-order valence-electron chi connectivity index (χ2n) is 5.25. The van der Waals surface area contributed by atoms with E-state index in [1.807, 2.05) is 20.2 Å². The molecule has 1 heterocycles. The van der Waals surface area contributed by atoms with Gasteiger partial charge in [0.2, 0.25) is 0 Å². The van der Waals surface area contributed by atoms with Crippen molar-refractivity contribution in [3.8, 4) is 0 Å². The molecule has 4 nitrogen and oxygen atoms in total. The third-order valence-electron chi connectivity index (χ3n) is 3.36. The molecule has 0 saturated carbocycles. The van der Waals surface area contributed by atoms with Crippen LogP contribution in [-0.2, 0) is 17.8 Å². The molecule has 0 bridgehead atoms. The number of fused-ring (bicyclic) bond motifs is 1. The van der Waals surface area contributed by atoms with E-state index in [0.29, 0.717) is 6.54 Å². The van der Waals surface area contributed by atoms with Gasteiger partial charge in [0, 0.05) is 18.7 Å². The van der Waals surface area contributed by atoms with Crippen molar-refractivity contribution in [1.29, 1.82) is 0 Å². The summed E-state index contributed by atoms with van der Waals surface area (Å²) < 4.78 is 0. The van der Waals surface area contributed by atoms with E-state index in [0.717, 1.165) is 42.4 Å². The number of rotatable bonds is 4. The van der Waals surface area contributed by atoms with Crippen LogP contribution in [0.4, 0.5) is 0 Å². The molecular weight excluding hydrogens is 240 g/mol. The van der Waals surface area contributed by atoms with Gasteiger partial charge in [0.05, 0.1) is 6.54 Å². The molecule has 0 radical (unpaired) electrons. The van der Waals surface area contributed by atoms with Crippen molar-refractivity contribution in [1.82, 2.24) is 9.80 Å². The summed E-state index contributed by atoms with van der Waals surface area (Å²) in [6.07, 6.45) is 2.62. The van der Waals surface area contributed by atoms with E-state index in [4.69, 9.17) is 0 Å². The SMILES string of the molecule is CN(C)Cc1ccc2c(c1)C(=O)N(CC=O)CCC2. The summed E-state index contributed by atoms with van der Waals surface area (Å²) in [6, 6.07) is 6.11. The normalized spacial score (nSPS) is 15.3. The third kappa shape index (κ3) is 3.20. The van der Waals surface area contributed by atoms with Crippen molar-refractivity contribution in [2.45, 2.75) is 19.4 Å². The number of benzene rings is 1. The molecule has 1 aromatic rings. The zero-order valence-electron chi connectivity index (χ0n) is 11.6. The van der Waals surface area contributed by atoms with Gasteiger partial charge in [-0.15, -0.1) is 0 Å². The van der Waals surface area contributed by atoms with Gasteiger partial charge in [0.25, 0.3) is 5.91 Å². The number of nitrogens with zero attached hydrogens (tertiary/aromatic N) is 2. The summed E-state index contributed by atoms with van der Waals surface area (Å²) in [5, 5.41) is 0. The average Bonchev–Trinajstić information content (AvgIpc) is 2.51. The Morgan fingerprint density at radius 2 is 2.16 bits per heavy atom. The molecule has 1 amide bonds. The first kappa shape index (κ1) is 13.7. The van der Waals surface area contributed by atoms with Crippen molar-refractivity contribution < 1.29 is 9.59 Å². The lowest BCUT2D eigenvalue weighted by Gasteiger charge is -2.18. The van der Waals surface area contributed by atoms with Gasteiger partial charge >= 0.3 is 0 Å². The maximum Gasteiger partial charge on any atom is 0.254 e. The number of aryl methyl sites for hydroxylation is 1. The van der Waals surface area contributed by atoms with E-state index in [2.05, 4.69) is 17.0 Å². The van der Waals surface area contributed by atoms with Crippen molar-refractivity contribution in [3.63, 3.8) is 0 Å². The molecule has 19 heavy (non-hydrogen) atoms. The van der Waals surface area contributed by atoms with Crippen LogP contribution in [-0.4, -0.2) is 49.2 Å². The number of amides is 1. The maximum atomic E-state index is 12.4. The van der Waals surface area contributed by atoms with Gasteiger partial charge in [-0.2, -0.15) is 0 Å². The summed E-state index contributed by atoms with van der Waals surface area (Å²) in [6.45, 7) is 1.67. The molecule has 2 rings (SSSR count). The Bertz CT molecular complexity index is 483. The summed E-state index contributed by atoms with van der Waals surface area (Å²) in [5.74, 6) is -0.0137. The second-order valence-corrected chi connectivity index (χ2v) is 5.25. The number of aldehydes is 1. The van der Waals surface area contributed by atoms with Crippen molar-refractivity contribution in [2.24, 2.45) is 0 Å². The van der Waals surface area contributed by atoms with Gasteiger partial charge < -0.3 is 14.6 Å². The molecule has 0 saturated heterocycles. The first-order valence-corrected chi connectivity index (χ1v) is 6.61. The minimum absolute atomic E-state index is 0.0137. The van der Waals surface area contributed by atoms with Gasteiger partial charge in [-0.1, -0.05) is 12.1 Å². The molecule has 0 aromatic heterocycles. The van der Waals surface area contributed by atoms with Crippen LogP contribution in [0.25, 0.3) is 0 Å². The minimum atomic E-state index is -0.0137. The highest BCUT2D eigenvalue weighted by Crippen LogP contribution is 2.20. The van der Waals surface area contributed by atoms with E-state index < -0.39 is 0 Å². The second kappa shape index (κ2) is 5.97. The summed E-state index contributed by atoms with van der Waals surface area (Å²) >= 11 is 0. The van der Waals surface area contributed by atoms with Crippen LogP contribution in [0, 0.1) is 0 Å². The van der Waals surface area contributed by atoms with E-state index >= 15 is 0 Å². The van der Waals surface area contributed by atoms with E-state index in [-0.39, 0.29) is 12.5 Å². The fourth-order valence-corrected chi connectivity index (χ4v) is 2.50. The largest absolute Gasteiger partial charge is 0.332 e. The molecule has 102 valence electrons. The van der Waals surface area contributed by atoms with Crippen LogP contribution < -0.4 is 0 Å². The Morgan fingerprint density at radius 1 is 1.37 bits per heavy atom. The average molecular weight is 260 g/mol. The van der Waals surface area contributed by atoms with Crippen LogP contribution in [0.5, 0.6) is 0 Å². The zero-order valence-corrected chi connectivity index (χ0v) is 11.6. The lowest BCUT2D eigenvalue weighted by Crippen LogP contribution is -2.32. The van der Waals surface area contributed by atoms with Crippen LogP contribution in [0.2, 0.25) is 0 Å². The van der Waals surface area contributed by atoms with Crippen LogP contribution in [0.15, 0.2) is 18.2 Å². The van der Waals surface area contributed by atoms with Crippen molar-refractivity contribution >= 4 is 12.2 Å². The standard InChI is InChI=1S/C15H20N2O2/c1-16(2)11-12-5-6-13-4-3-7-17(8-9-18)15(19)14(13)10-12/h5-6,9-10H,3-4,7-8,11H2,1-2H3. The Labute approximate surface area is 114 Å². The molecule has 1 aliphatic rings. The molecule has 4 heteroatoms. The van der Waals surface area contributed by atoms with Gasteiger partial charge in [-0.25, -0.2) is 0 Å². The zero-order chi connectivity index (χ0) is 13.8. The Morgan fingerprint density at radius 3 is 2.84 bits per heavy atom. The summed E-state index contributed by atoms with van der Waals surface area (Å²) in [7, 11) is 4.01. The minimum Gasteiger partial charge on any atom is -0.332 e. The molecule has 1 aromatic carbocycles. The Hall–Kier alpha value is -1.68. The highest BCUT2D eigenvalue weighted by molar-refractivity contribution is 5.97. The number of carbonyl (C=O) groups excluding carboxylic acids is 2. The quantitative estimate of drug-likeness (QED) is 0.767. The van der Waals surface area contributed by atoms with Crippen LogP contribution >= 0.6 is 0 Å². The fraction of sp³-hybridized carbons (Fsp3) is 0.467. The molecular formula is C15H20N2O2. The molecule has 0 unspecified atom stereocenters. The maximum absolute atomic E-state index is 12.4. The first-order valence-electron chi connectivity index (χ1n) is 6.61. The van der Waals surface area contributed by atoms with Gasteiger partial charge in [0.15, 0.2) is 0 Å². The summed E-state index contributed by atoms with van der Waals surface area (Å²) in [4.78, 5) is 26.8. The monoisotopic (exact) mass is 260 g/mol. The van der Waals surface area contributed by atoms with Crippen LogP contribution in [0.1, 0.15) is 27.9 Å². The lowest BCUT2D eigenvalue weighted by atomic mass is 10.0. The lowest BCUT2D eigenvalue weighted by molar-refractivity contribution is -0.108. The summed E-state index contributed by atoms with van der Waals surface area (Å²) in [5.41, 5.74) is 2.99. The Kier molecular flexibility index (Phi) is 4.32. The molecule has 0 N–H and O–H groups in total. The first-order chi connectivity index (χ1) is 9.11. The fourth-order valence-electron chi connectivity index (χ4n) is 2.50. The third-order valence-corrected chi connectivity index (χ3v) is 3.36. The molecule has 1 aliphatic heterocycles. The van der Waals surface area contributed by atoms with E-state index in [1.165, 1.54) is 0 Å². The van der Waals surface area contributed by atoms with Crippen molar-refractivity contribution in [3.05, 3.63) is 34.9 Å². The number of hydrogen-bond donors (Lipinski definition) is 0.